The Morgan fingerprint density at radius 2 is 1.38 bits per heavy atom. The number of hydrogen-bond donors (Lipinski definition) is 0. The fraction of sp³-hybridized carbons (Fsp3) is 0.212. The first-order valence-corrected chi connectivity index (χ1v) is 14.2. The third-order valence-electron chi connectivity index (χ3n) is 8.26. The number of hydrogen-bond acceptors (Lipinski definition) is 6. The van der Waals surface area contributed by atoms with Crippen LogP contribution >= 0.6 is 11.3 Å². The summed E-state index contributed by atoms with van der Waals surface area (Å²) in [5.74, 6) is 1.66. The molecule has 39 heavy (non-hydrogen) atoms. The van der Waals surface area contributed by atoms with E-state index in [4.69, 9.17) is 4.74 Å². The molecule has 0 aliphatic carbocycles. The van der Waals surface area contributed by atoms with Crippen LogP contribution in [0, 0.1) is 0 Å². The Hall–Kier alpha value is -4.00. The molecule has 6 heteroatoms. The summed E-state index contributed by atoms with van der Waals surface area (Å²) in [6.07, 6.45) is 0. The van der Waals surface area contributed by atoms with Crippen LogP contribution in [0.2, 0.25) is 0 Å². The van der Waals surface area contributed by atoms with Crippen LogP contribution in [0.1, 0.15) is 19.4 Å². The van der Waals surface area contributed by atoms with E-state index in [1.54, 1.807) is 11.3 Å². The lowest BCUT2D eigenvalue weighted by Crippen LogP contribution is -2.49. The van der Waals surface area contributed by atoms with Gasteiger partial charge in [0.25, 0.3) is 0 Å². The average molecular weight is 533 g/mol. The van der Waals surface area contributed by atoms with Gasteiger partial charge < -0.3 is 19.4 Å². The molecule has 196 valence electrons. The highest BCUT2D eigenvalue weighted by Gasteiger charge is 2.35. The largest absolute Gasteiger partial charge is 0.457 e. The van der Waals surface area contributed by atoms with Crippen molar-refractivity contribution < 1.29 is 4.74 Å². The SMILES string of the molecule is CN1CN(c2cccc(Oc3cccc(N4CN(C)C(C)(C)c5ccccc54)c3)c2)c2cc3ccsc3cc21. The van der Waals surface area contributed by atoms with Crippen molar-refractivity contribution in [1.29, 1.82) is 0 Å². The first-order chi connectivity index (χ1) is 18.9. The van der Waals surface area contributed by atoms with E-state index in [1.165, 1.54) is 32.7 Å². The summed E-state index contributed by atoms with van der Waals surface area (Å²) in [5, 5.41) is 3.45. The molecular weight excluding hydrogens is 500 g/mol. The maximum atomic E-state index is 6.46. The quantitative estimate of drug-likeness (QED) is 0.231. The maximum absolute atomic E-state index is 6.46. The molecule has 0 amide bonds. The van der Waals surface area contributed by atoms with Gasteiger partial charge >= 0.3 is 0 Å². The molecule has 0 N–H and O–H groups in total. The second kappa shape index (κ2) is 9.04. The van der Waals surface area contributed by atoms with Gasteiger partial charge in [-0.1, -0.05) is 30.3 Å². The van der Waals surface area contributed by atoms with E-state index in [9.17, 15) is 0 Å². The summed E-state index contributed by atoms with van der Waals surface area (Å²) in [6, 6.07) is 32.3. The highest BCUT2D eigenvalue weighted by atomic mass is 32.1. The first kappa shape index (κ1) is 24.1. The molecule has 5 aromatic rings. The lowest BCUT2D eigenvalue weighted by molar-refractivity contribution is 0.150. The van der Waals surface area contributed by atoms with Crippen LogP contribution in [-0.4, -0.2) is 32.3 Å². The van der Waals surface area contributed by atoms with Gasteiger partial charge in [0.1, 0.15) is 11.5 Å². The second-order valence-electron chi connectivity index (χ2n) is 11.0. The van der Waals surface area contributed by atoms with E-state index in [2.05, 4.69) is 132 Å². The zero-order valence-corrected chi connectivity index (χ0v) is 23.6. The Morgan fingerprint density at radius 3 is 2.13 bits per heavy atom. The standard InChI is InChI=1S/C33H32N4OS/c1-33(2)28-13-5-6-14-29(28)37(22-35(33)4)25-10-8-12-27(19-25)38-26-11-7-9-24(18-26)36-21-34(3)30-20-32-23(15-16-39-32)17-31(30)36/h5-20H,21-22H2,1-4H3. The van der Waals surface area contributed by atoms with Crippen LogP contribution in [0.4, 0.5) is 28.4 Å². The van der Waals surface area contributed by atoms with Gasteiger partial charge in [-0.15, -0.1) is 11.3 Å². The van der Waals surface area contributed by atoms with Crippen LogP contribution in [0.5, 0.6) is 11.5 Å². The summed E-state index contributed by atoms with van der Waals surface area (Å²) < 4.78 is 7.78. The van der Waals surface area contributed by atoms with Crippen LogP contribution in [0.3, 0.4) is 0 Å². The Kier molecular flexibility index (Phi) is 5.58. The lowest BCUT2D eigenvalue weighted by atomic mass is 9.88. The number of anilines is 5. The van der Waals surface area contributed by atoms with Crippen molar-refractivity contribution in [3.8, 4) is 11.5 Å². The van der Waals surface area contributed by atoms with E-state index in [0.29, 0.717) is 0 Å². The smallest absolute Gasteiger partial charge is 0.129 e. The van der Waals surface area contributed by atoms with Gasteiger partial charge in [0.15, 0.2) is 0 Å². The Morgan fingerprint density at radius 1 is 0.692 bits per heavy atom. The van der Waals surface area contributed by atoms with Gasteiger partial charge in [-0.05, 0) is 85.8 Å². The van der Waals surface area contributed by atoms with Crippen molar-refractivity contribution in [3.63, 3.8) is 0 Å². The minimum Gasteiger partial charge on any atom is -0.457 e. The van der Waals surface area contributed by atoms with E-state index in [-0.39, 0.29) is 5.54 Å². The Bertz CT molecular complexity index is 1690. The van der Waals surface area contributed by atoms with Gasteiger partial charge in [0.2, 0.25) is 0 Å². The van der Waals surface area contributed by atoms with E-state index < -0.39 is 0 Å². The number of ether oxygens (including phenoxy) is 1. The monoisotopic (exact) mass is 532 g/mol. The summed E-state index contributed by atoms with van der Waals surface area (Å²) in [6.45, 7) is 6.19. The van der Waals surface area contributed by atoms with Crippen molar-refractivity contribution in [2.24, 2.45) is 0 Å². The minimum absolute atomic E-state index is 0.0287. The number of fused-ring (bicyclic) bond motifs is 3. The summed E-state index contributed by atoms with van der Waals surface area (Å²) in [4.78, 5) is 9.42. The van der Waals surface area contributed by atoms with Crippen molar-refractivity contribution in [3.05, 3.63) is 102 Å². The molecule has 0 atom stereocenters. The summed E-state index contributed by atoms with van der Waals surface area (Å²) in [5.41, 5.74) is 7.28. The van der Waals surface area contributed by atoms with Gasteiger partial charge in [-0.25, -0.2) is 0 Å². The molecule has 2 aliphatic heterocycles. The molecule has 1 aromatic heterocycles. The summed E-state index contributed by atoms with van der Waals surface area (Å²) >= 11 is 1.79. The van der Waals surface area contributed by atoms with Gasteiger partial charge in [0, 0.05) is 46.5 Å². The third-order valence-corrected chi connectivity index (χ3v) is 9.14. The highest BCUT2D eigenvalue weighted by molar-refractivity contribution is 7.17. The minimum atomic E-state index is -0.0287. The van der Waals surface area contributed by atoms with Gasteiger partial charge in [-0.2, -0.15) is 0 Å². The number of nitrogens with zero attached hydrogens (tertiary/aromatic N) is 4. The average Bonchev–Trinajstić information content (AvgIpc) is 3.54. The molecule has 0 fully saturated rings. The second-order valence-corrected chi connectivity index (χ2v) is 12.0. The Labute approximate surface area is 234 Å². The Balaban J connectivity index is 1.18. The molecule has 0 saturated heterocycles. The fourth-order valence-corrected chi connectivity index (χ4v) is 6.58. The summed E-state index contributed by atoms with van der Waals surface area (Å²) in [7, 11) is 4.34. The van der Waals surface area contributed by atoms with Crippen molar-refractivity contribution in [2.75, 3.05) is 42.1 Å². The molecule has 3 heterocycles. The van der Waals surface area contributed by atoms with E-state index in [0.717, 1.165) is 36.2 Å². The molecule has 0 saturated carbocycles. The normalized spacial score (nSPS) is 16.5. The lowest BCUT2D eigenvalue weighted by Gasteiger charge is -2.47. The fourth-order valence-electron chi connectivity index (χ4n) is 5.78. The first-order valence-electron chi connectivity index (χ1n) is 13.3. The molecule has 4 aromatic carbocycles. The maximum Gasteiger partial charge on any atom is 0.129 e. The number of rotatable bonds is 4. The number of para-hydroxylation sites is 1. The number of benzene rings is 4. The molecule has 5 nitrogen and oxygen atoms in total. The molecular formula is C33H32N4OS. The molecule has 0 radical (unpaired) electrons. The predicted octanol–water partition coefficient (Wildman–Crippen LogP) is 8.52. The van der Waals surface area contributed by atoms with Gasteiger partial charge in [0.05, 0.1) is 24.7 Å². The van der Waals surface area contributed by atoms with Crippen LogP contribution < -0.4 is 19.4 Å². The predicted molar refractivity (Wildman–Crippen MR) is 164 cm³/mol. The van der Waals surface area contributed by atoms with Gasteiger partial charge in [-0.3, -0.25) is 4.90 Å². The topological polar surface area (TPSA) is 22.2 Å². The number of thiophene rings is 1. The zero-order chi connectivity index (χ0) is 26.7. The highest BCUT2D eigenvalue weighted by Crippen LogP contribution is 2.45. The molecule has 0 spiro atoms. The molecule has 7 rings (SSSR count). The van der Waals surface area contributed by atoms with Crippen molar-refractivity contribution in [1.82, 2.24) is 4.90 Å². The molecule has 0 bridgehead atoms. The van der Waals surface area contributed by atoms with Crippen molar-refractivity contribution >= 4 is 49.9 Å². The van der Waals surface area contributed by atoms with E-state index in [1.807, 2.05) is 12.1 Å². The molecule has 2 aliphatic rings. The van der Waals surface area contributed by atoms with Crippen LogP contribution in [0.15, 0.2) is 96.4 Å². The third kappa shape index (κ3) is 4.03. The molecule has 0 unspecified atom stereocenters. The van der Waals surface area contributed by atoms with Crippen LogP contribution in [-0.2, 0) is 5.54 Å². The van der Waals surface area contributed by atoms with E-state index >= 15 is 0 Å². The zero-order valence-electron chi connectivity index (χ0n) is 22.8. The van der Waals surface area contributed by atoms with Crippen molar-refractivity contribution in [2.45, 2.75) is 19.4 Å². The van der Waals surface area contributed by atoms with Crippen LogP contribution in [0.25, 0.3) is 10.1 Å².